The summed E-state index contributed by atoms with van der Waals surface area (Å²) in [4.78, 5) is 16.6. The molecule has 0 spiro atoms. The van der Waals surface area contributed by atoms with Gasteiger partial charge >= 0.3 is 0 Å². The van der Waals surface area contributed by atoms with Crippen molar-refractivity contribution in [2.24, 2.45) is 7.05 Å². The molecule has 8 nitrogen and oxygen atoms in total. The van der Waals surface area contributed by atoms with E-state index in [1.165, 1.54) is 0 Å². The number of hydrogen-bond donors (Lipinski definition) is 2. The van der Waals surface area contributed by atoms with Crippen molar-refractivity contribution < 1.29 is 9.21 Å². The number of carbonyl (C=O) groups excluding carboxylic acids is 1. The van der Waals surface area contributed by atoms with Crippen molar-refractivity contribution in [2.75, 3.05) is 0 Å². The molecule has 3 aromatic heterocycles. The molecule has 0 radical (unpaired) electrons. The quantitative estimate of drug-likeness (QED) is 0.476. The fourth-order valence-corrected chi connectivity index (χ4v) is 3.75. The maximum absolute atomic E-state index is 12.3. The predicted molar refractivity (Wildman–Crippen MR) is 98.3 cm³/mol. The zero-order valence-electron chi connectivity index (χ0n) is 14.1. The van der Waals surface area contributed by atoms with E-state index in [4.69, 9.17) is 16.6 Å². The lowest BCUT2D eigenvalue weighted by Crippen LogP contribution is -2.24. The molecule has 2 N–H and O–H groups in total. The number of aryl methyl sites for hydroxylation is 1. The number of imidazole rings is 1. The lowest BCUT2D eigenvalue weighted by Gasteiger charge is -2.05. The van der Waals surface area contributed by atoms with Crippen molar-refractivity contribution in [3.05, 3.63) is 46.6 Å². The highest BCUT2D eigenvalue weighted by atomic mass is 32.2. The van der Waals surface area contributed by atoms with Gasteiger partial charge in [0.1, 0.15) is 5.76 Å². The number of rotatable bonds is 7. The summed E-state index contributed by atoms with van der Waals surface area (Å²) < 4.78 is 10.2. The molecule has 4 rings (SSSR count). The van der Waals surface area contributed by atoms with Crippen molar-refractivity contribution in [3.63, 3.8) is 0 Å². The number of nitrogens with zero attached hydrogens (tertiary/aromatic N) is 4. The van der Waals surface area contributed by atoms with Gasteiger partial charge in [-0.2, -0.15) is 5.10 Å². The van der Waals surface area contributed by atoms with Gasteiger partial charge in [0.2, 0.25) is 0 Å². The van der Waals surface area contributed by atoms with Gasteiger partial charge in [0.05, 0.1) is 12.3 Å². The first-order valence-corrected chi connectivity index (χ1v) is 9.64. The van der Waals surface area contributed by atoms with Crippen LogP contribution in [0.15, 0.2) is 34.1 Å². The molecule has 0 aromatic carbocycles. The number of carbonyl (C=O) groups is 1. The SMILES string of the molecule is Cn1ccnc1SCc1ccc(C(=O)NCc2n[nH]c(=S)n2C2CC2)o1. The van der Waals surface area contributed by atoms with E-state index in [0.717, 1.165) is 29.6 Å². The standard InChI is InChI=1S/C16H18N6O2S2/c1-21-7-6-17-16(21)26-9-11-4-5-12(24-11)14(23)18-8-13-19-20-15(25)22(13)10-2-3-10/h4-7,10H,2-3,8-9H2,1H3,(H,18,23)(H,20,25). The average Bonchev–Trinajstić information content (AvgIpc) is 3.03. The fourth-order valence-electron chi connectivity index (χ4n) is 2.62. The third-order valence-corrected chi connectivity index (χ3v) is 5.47. The molecule has 10 heteroatoms. The Balaban J connectivity index is 1.35. The summed E-state index contributed by atoms with van der Waals surface area (Å²) in [6.07, 6.45) is 5.84. The van der Waals surface area contributed by atoms with E-state index in [1.54, 1.807) is 24.0 Å². The normalized spacial score (nSPS) is 13.9. The molecule has 0 saturated heterocycles. The Hall–Kier alpha value is -2.33. The molecule has 1 aliphatic carbocycles. The van der Waals surface area contributed by atoms with Gasteiger partial charge in [-0.05, 0) is 37.2 Å². The Morgan fingerprint density at radius 2 is 2.35 bits per heavy atom. The number of amides is 1. The average molecular weight is 390 g/mol. The maximum atomic E-state index is 12.3. The predicted octanol–water partition coefficient (Wildman–Crippen LogP) is 2.82. The Morgan fingerprint density at radius 1 is 1.50 bits per heavy atom. The van der Waals surface area contributed by atoms with Crippen molar-refractivity contribution in [3.8, 4) is 0 Å². The van der Waals surface area contributed by atoms with E-state index >= 15 is 0 Å². The third kappa shape index (κ3) is 3.61. The van der Waals surface area contributed by atoms with Crippen LogP contribution in [0.5, 0.6) is 0 Å². The van der Waals surface area contributed by atoms with Crippen molar-refractivity contribution in [1.29, 1.82) is 0 Å². The van der Waals surface area contributed by atoms with Crippen LogP contribution < -0.4 is 5.32 Å². The minimum absolute atomic E-state index is 0.269. The Labute approximate surface area is 159 Å². The summed E-state index contributed by atoms with van der Waals surface area (Å²) in [5, 5.41) is 10.7. The van der Waals surface area contributed by atoms with Crippen LogP contribution in [0, 0.1) is 4.77 Å². The second kappa shape index (κ2) is 7.12. The molecule has 1 fully saturated rings. The van der Waals surface area contributed by atoms with Crippen LogP contribution in [0.25, 0.3) is 0 Å². The van der Waals surface area contributed by atoms with Gasteiger partial charge in [-0.15, -0.1) is 0 Å². The van der Waals surface area contributed by atoms with E-state index in [0.29, 0.717) is 23.1 Å². The number of furan rings is 1. The molecule has 1 saturated carbocycles. The zero-order chi connectivity index (χ0) is 18.1. The summed E-state index contributed by atoms with van der Waals surface area (Å²) in [6, 6.07) is 3.90. The number of aromatic amines is 1. The van der Waals surface area contributed by atoms with Crippen LogP contribution >= 0.6 is 24.0 Å². The summed E-state index contributed by atoms with van der Waals surface area (Å²) in [5.41, 5.74) is 0. The second-order valence-corrected chi connectivity index (χ2v) is 7.43. The van der Waals surface area contributed by atoms with Gasteiger partial charge in [-0.1, -0.05) is 11.8 Å². The van der Waals surface area contributed by atoms with Crippen LogP contribution in [-0.4, -0.2) is 30.2 Å². The Morgan fingerprint density at radius 3 is 3.08 bits per heavy atom. The number of hydrogen-bond acceptors (Lipinski definition) is 6. The molecule has 136 valence electrons. The topological polar surface area (TPSA) is 93.7 Å². The molecule has 0 aliphatic heterocycles. The monoisotopic (exact) mass is 390 g/mol. The Kier molecular flexibility index (Phi) is 4.68. The van der Waals surface area contributed by atoms with Gasteiger partial charge in [-0.25, -0.2) is 4.98 Å². The smallest absolute Gasteiger partial charge is 0.287 e. The molecule has 3 heterocycles. The first-order valence-electron chi connectivity index (χ1n) is 8.24. The molecule has 0 bridgehead atoms. The van der Waals surface area contributed by atoms with Crippen molar-refractivity contribution >= 4 is 29.9 Å². The molecule has 3 aromatic rings. The maximum Gasteiger partial charge on any atom is 0.287 e. The second-order valence-electron chi connectivity index (χ2n) is 6.10. The highest BCUT2D eigenvalue weighted by Crippen LogP contribution is 2.35. The molecule has 0 atom stereocenters. The molecule has 1 amide bonds. The molecule has 0 unspecified atom stereocenters. The third-order valence-electron chi connectivity index (χ3n) is 4.10. The minimum atomic E-state index is -0.269. The van der Waals surface area contributed by atoms with E-state index in [-0.39, 0.29) is 11.7 Å². The highest BCUT2D eigenvalue weighted by molar-refractivity contribution is 7.98. The summed E-state index contributed by atoms with van der Waals surface area (Å²) in [7, 11) is 1.94. The highest BCUT2D eigenvalue weighted by Gasteiger charge is 2.27. The summed E-state index contributed by atoms with van der Waals surface area (Å²) >= 11 is 6.80. The number of aromatic nitrogens is 5. The van der Waals surface area contributed by atoms with Gasteiger partial charge < -0.3 is 14.3 Å². The lowest BCUT2D eigenvalue weighted by molar-refractivity contribution is 0.0920. The van der Waals surface area contributed by atoms with Crippen LogP contribution in [0.2, 0.25) is 0 Å². The summed E-state index contributed by atoms with van der Waals surface area (Å²) in [5.74, 6) is 2.09. The molecular weight excluding hydrogens is 372 g/mol. The van der Waals surface area contributed by atoms with E-state index < -0.39 is 0 Å². The molecule has 1 aliphatic rings. The number of nitrogens with one attached hydrogen (secondary N) is 2. The van der Waals surface area contributed by atoms with E-state index in [2.05, 4.69) is 20.5 Å². The largest absolute Gasteiger partial charge is 0.455 e. The lowest BCUT2D eigenvalue weighted by atomic mass is 10.4. The molecule has 26 heavy (non-hydrogen) atoms. The van der Waals surface area contributed by atoms with Crippen LogP contribution in [0.3, 0.4) is 0 Å². The number of thioether (sulfide) groups is 1. The van der Waals surface area contributed by atoms with Gasteiger partial charge in [0.15, 0.2) is 21.5 Å². The van der Waals surface area contributed by atoms with Gasteiger partial charge in [-0.3, -0.25) is 14.5 Å². The number of H-pyrrole nitrogens is 1. The van der Waals surface area contributed by atoms with E-state index in [1.807, 2.05) is 28.4 Å². The van der Waals surface area contributed by atoms with Gasteiger partial charge in [0.25, 0.3) is 5.91 Å². The van der Waals surface area contributed by atoms with E-state index in [9.17, 15) is 4.79 Å². The van der Waals surface area contributed by atoms with Gasteiger partial charge in [0, 0.05) is 25.5 Å². The van der Waals surface area contributed by atoms with Crippen molar-refractivity contribution in [1.82, 2.24) is 29.6 Å². The fraction of sp³-hybridized carbons (Fsp3) is 0.375. The first kappa shape index (κ1) is 17.1. The summed E-state index contributed by atoms with van der Waals surface area (Å²) in [6.45, 7) is 0.306. The minimum Gasteiger partial charge on any atom is -0.455 e. The zero-order valence-corrected chi connectivity index (χ0v) is 15.8. The Bertz CT molecular complexity index is 981. The van der Waals surface area contributed by atoms with Crippen LogP contribution in [0.4, 0.5) is 0 Å². The molecular formula is C16H18N6O2S2. The first-order chi connectivity index (χ1) is 12.6. The van der Waals surface area contributed by atoms with Crippen molar-refractivity contribution in [2.45, 2.75) is 36.3 Å². The van der Waals surface area contributed by atoms with Crippen LogP contribution in [-0.2, 0) is 19.3 Å². The van der Waals surface area contributed by atoms with Crippen LogP contribution in [0.1, 0.15) is 41.0 Å².